The molecule has 3 rings (SSSR count). The fraction of sp³-hybridized carbons (Fsp3) is 0.429. The molecule has 1 aliphatic heterocycles. The first-order chi connectivity index (χ1) is 9.33. The lowest BCUT2D eigenvalue weighted by Gasteiger charge is -2.25. The molecule has 0 radical (unpaired) electrons. The van der Waals surface area contributed by atoms with Gasteiger partial charge in [0.1, 0.15) is 0 Å². The molecule has 0 amide bonds. The molecule has 0 aliphatic carbocycles. The van der Waals surface area contributed by atoms with Crippen molar-refractivity contribution in [1.29, 1.82) is 0 Å². The number of fused-ring (bicyclic) bond motifs is 1. The topological polar surface area (TPSA) is 58.5 Å². The molecule has 1 aromatic carbocycles. The number of aliphatic hydroxyl groups excluding tert-OH is 1. The van der Waals surface area contributed by atoms with E-state index in [0.29, 0.717) is 5.88 Å². The van der Waals surface area contributed by atoms with E-state index in [0.717, 1.165) is 36.2 Å². The highest BCUT2D eigenvalue weighted by Gasteiger charge is 2.28. The van der Waals surface area contributed by atoms with Gasteiger partial charge in [-0.25, -0.2) is 9.97 Å². The first kappa shape index (κ1) is 12.2. The molecule has 5 nitrogen and oxygen atoms in total. The van der Waals surface area contributed by atoms with Crippen molar-refractivity contribution in [2.75, 3.05) is 25.2 Å². The lowest BCUT2D eigenvalue weighted by atomic mass is 10.2. The third-order valence-electron chi connectivity index (χ3n) is 3.57. The Morgan fingerprint density at radius 2 is 2.05 bits per heavy atom. The van der Waals surface area contributed by atoms with Crippen molar-refractivity contribution in [3.63, 3.8) is 0 Å². The SMILES string of the molecule is COc1nc2ccccc2nc1N1CCC[C@H]1CO. The van der Waals surface area contributed by atoms with Gasteiger partial charge in [-0.05, 0) is 25.0 Å². The highest BCUT2D eigenvalue weighted by atomic mass is 16.5. The fourth-order valence-corrected chi connectivity index (χ4v) is 2.60. The molecule has 0 spiro atoms. The zero-order valence-electron chi connectivity index (χ0n) is 10.9. The monoisotopic (exact) mass is 259 g/mol. The van der Waals surface area contributed by atoms with Crippen LogP contribution in [0.5, 0.6) is 5.88 Å². The minimum absolute atomic E-state index is 0.115. The van der Waals surface area contributed by atoms with Gasteiger partial charge in [-0.15, -0.1) is 0 Å². The molecule has 19 heavy (non-hydrogen) atoms. The molecule has 1 aliphatic rings. The number of benzene rings is 1. The van der Waals surface area contributed by atoms with Crippen molar-refractivity contribution in [3.05, 3.63) is 24.3 Å². The molecule has 1 saturated heterocycles. The largest absolute Gasteiger partial charge is 0.478 e. The lowest BCUT2D eigenvalue weighted by Crippen LogP contribution is -2.33. The number of nitrogens with zero attached hydrogens (tertiary/aromatic N) is 3. The quantitative estimate of drug-likeness (QED) is 0.907. The van der Waals surface area contributed by atoms with Crippen molar-refractivity contribution in [3.8, 4) is 5.88 Å². The van der Waals surface area contributed by atoms with Gasteiger partial charge >= 0.3 is 0 Å². The summed E-state index contributed by atoms with van der Waals surface area (Å²) in [4.78, 5) is 11.2. The molecular formula is C14H17N3O2. The van der Waals surface area contributed by atoms with E-state index >= 15 is 0 Å². The normalized spacial score (nSPS) is 19.1. The highest BCUT2D eigenvalue weighted by Crippen LogP contribution is 2.31. The lowest BCUT2D eigenvalue weighted by molar-refractivity contribution is 0.265. The van der Waals surface area contributed by atoms with Crippen molar-refractivity contribution in [2.24, 2.45) is 0 Å². The molecule has 100 valence electrons. The second-order valence-corrected chi connectivity index (χ2v) is 4.72. The van der Waals surface area contributed by atoms with Crippen molar-refractivity contribution >= 4 is 16.9 Å². The molecule has 1 atom stereocenters. The van der Waals surface area contributed by atoms with Crippen LogP contribution < -0.4 is 9.64 Å². The van der Waals surface area contributed by atoms with Gasteiger partial charge in [0, 0.05) is 6.54 Å². The average Bonchev–Trinajstić information content (AvgIpc) is 2.94. The van der Waals surface area contributed by atoms with Crippen LogP contribution >= 0.6 is 0 Å². The Morgan fingerprint density at radius 3 is 2.74 bits per heavy atom. The number of ether oxygens (including phenoxy) is 1. The summed E-state index contributed by atoms with van der Waals surface area (Å²) in [5.41, 5.74) is 1.67. The maximum Gasteiger partial charge on any atom is 0.257 e. The molecule has 1 aromatic heterocycles. The van der Waals surface area contributed by atoms with E-state index in [2.05, 4.69) is 14.9 Å². The predicted molar refractivity (Wildman–Crippen MR) is 73.5 cm³/mol. The number of aromatic nitrogens is 2. The third kappa shape index (κ3) is 2.10. The highest BCUT2D eigenvalue weighted by molar-refractivity contribution is 5.77. The smallest absolute Gasteiger partial charge is 0.257 e. The Balaban J connectivity index is 2.10. The molecule has 2 aromatic rings. The summed E-state index contributed by atoms with van der Waals surface area (Å²) < 4.78 is 5.36. The van der Waals surface area contributed by atoms with Crippen LogP contribution in [0.3, 0.4) is 0 Å². The molecule has 1 N–H and O–H groups in total. The molecule has 0 saturated carbocycles. The van der Waals surface area contributed by atoms with Crippen LogP contribution in [0, 0.1) is 0 Å². The number of hydrogen-bond acceptors (Lipinski definition) is 5. The first-order valence-corrected chi connectivity index (χ1v) is 6.51. The van der Waals surface area contributed by atoms with Gasteiger partial charge in [0.2, 0.25) is 0 Å². The summed E-state index contributed by atoms with van der Waals surface area (Å²) in [6, 6.07) is 7.85. The van der Waals surface area contributed by atoms with Crippen LogP contribution in [-0.4, -0.2) is 41.4 Å². The van der Waals surface area contributed by atoms with Crippen LogP contribution in [0.1, 0.15) is 12.8 Å². The standard InChI is InChI=1S/C14H17N3O2/c1-19-14-13(17-8-4-5-10(17)9-18)15-11-6-2-3-7-12(11)16-14/h2-3,6-7,10,18H,4-5,8-9H2,1H3/t10-/m0/s1. The van der Waals surface area contributed by atoms with Crippen LogP contribution in [-0.2, 0) is 0 Å². The van der Waals surface area contributed by atoms with Gasteiger partial charge in [-0.3, -0.25) is 0 Å². The molecule has 0 bridgehead atoms. The van der Waals surface area contributed by atoms with Gasteiger partial charge in [0.15, 0.2) is 5.82 Å². The second kappa shape index (κ2) is 5.01. The van der Waals surface area contributed by atoms with Gasteiger partial charge in [-0.2, -0.15) is 0 Å². The minimum Gasteiger partial charge on any atom is -0.478 e. The number of anilines is 1. The van der Waals surface area contributed by atoms with Gasteiger partial charge in [0.25, 0.3) is 5.88 Å². The second-order valence-electron chi connectivity index (χ2n) is 4.72. The number of rotatable bonds is 3. The van der Waals surface area contributed by atoms with E-state index < -0.39 is 0 Å². The van der Waals surface area contributed by atoms with E-state index in [1.54, 1.807) is 7.11 Å². The maximum absolute atomic E-state index is 9.44. The Labute approximate surface area is 111 Å². The average molecular weight is 259 g/mol. The van der Waals surface area contributed by atoms with Crippen LogP contribution in [0.15, 0.2) is 24.3 Å². The predicted octanol–water partition coefficient (Wildman–Crippen LogP) is 1.60. The zero-order valence-corrected chi connectivity index (χ0v) is 10.9. The van der Waals surface area contributed by atoms with E-state index in [1.165, 1.54) is 0 Å². The first-order valence-electron chi connectivity index (χ1n) is 6.51. The Bertz CT molecular complexity index is 588. The summed E-state index contributed by atoms with van der Waals surface area (Å²) in [5.74, 6) is 1.26. The van der Waals surface area contributed by atoms with Gasteiger partial charge in [0.05, 0.1) is 30.8 Å². The Kier molecular flexibility index (Phi) is 3.21. The summed E-state index contributed by atoms with van der Waals surface area (Å²) in [5, 5.41) is 9.44. The van der Waals surface area contributed by atoms with Gasteiger partial charge in [-0.1, -0.05) is 12.1 Å². The third-order valence-corrected chi connectivity index (χ3v) is 3.57. The summed E-state index contributed by atoms with van der Waals surface area (Å²) in [6.45, 7) is 1.02. The van der Waals surface area contributed by atoms with Crippen LogP contribution in [0.2, 0.25) is 0 Å². The summed E-state index contributed by atoms with van der Waals surface area (Å²) >= 11 is 0. The summed E-state index contributed by atoms with van der Waals surface area (Å²) in [6.07, 6.45) is 2.04. The summed E-state index contributed by atoms with van der Waals surface area (Å²) in [7, 11) is 1.60. The Hall–Kier alpha value is -1.88. The van der Waals surface area contributed by atoms with Crippen molar-refractivity contribution in [2.45, 2.75) is 18.9 Å². The minimum atomic E-state index is 0.115. The Morgan fingerprint density at radius 1 is 1.32 bits per heavy atom. The molecule has 1 fully saturated rings. The van der Waals surface area contributed by atoms with Crippen molar-refractivity contribution in [1.82, 2.24) is 9.97 Å². The molecule has 5 heteroatoms. The van der Waals surface area contributed by atoms with Gasteiger partial charge < -0.3 is 14.7 Å². The molecule has 2 heterocycles. The van der Waals surface area contributed by atoms with E-state index in [-0.39, 0.29) is 12.6 Å². The fourth-order valence-electron chi connectivity index (χ4n) is 2.60. The van der Waals surface area contributed by atoms with Crippen LogP contribution in [0.25, 0.3) is 11.0 Å². The maximum atomic E-state index is 9.44. The van der Waals surface area contributed by atoms with E-state index in [1.807, 2.05) is 24.3 Å². The zero-order chi connectivity index (χ0) is 13.2. The number of methoxy groups -OCH3 is 1. The molecule has 0 unspecified atom stereocenters. The van der Waals surface area contributed by atoms with Crippen LogP contribution in [0.4, 0.5) is 5.82 Å². The van der Waals surface area contributed by atoms with Crippen molar-refractivity contribution < 1.29 is 9.84 Å². The van der Waals surface area contributed by atoms with E-state index in [9.17, 15) is 5.11 Å². The number of aliphatic hydroxyl groups is 1. The van der Waals surface area contributed by atoms with E-state index in [4.69, 9.17) is 4.74 Å². The number of para-hydroxylation sites is 2. The molecular weight excluding hydrogens is 242 g/mol. The number of hydrogen-bond donors (Lipinski definition) is 1.